The molecule has 1 aliphatic rings. The molecule has 0 aliphatic heterocycles. The fraction of sp³-hybridized carbons (Fsp3) is 0.429. The number of anilines is 1. The van der Waals surface area contributed by atoms with E-state index in [2.05, 4.69) is 10.6 Å². The standard InChI is InChI=1S/C21H26N2O3S/c1-12-9-13(2)19(14(3)10-12)26-11-17(24)23-21-18(20(25)22-4)15-7-5-6-8-16(15)27-21/h9-10H,5-8,11H2,1-4H3,(H,22,25)(H,23,24). The summed E-state index contributed by atoms with van der Waals surface area (Å²) in [5.74, 6) is 0.349. The van der Waals surface area contributed by atoms with E-state index in [1.54, 1.807) is 7.05 Å². The predicted molar refractivity (Wildman–Crippen MR) is 109 cm³/mol. The Hall–Kier alpha value is -2.34. The van der Waals surface area contributed by atoms with Crippen LogP contribution in [0.1, 0.15) is 50.3 Å². The largest absolute Gasteiger partial charge is 0.483 e. The summed E-state index contributed by atoms with van der Waals surface area (Å²) < 4.78 is 5.78. The molecule has 27 heavy (non-hydrogen) atoms. The Balaban J connectivity index is 1.75. The van der Waals surface area contributed by atoms with Crippen molar-refractivity contribution in [3.05, 3.63) is 44.8 Å². The van der Waals surface area contributed by atoms with Gasteiger partial charge in [0.05, 0.1) is 5.56 Å². The van der Waals surface area contributed by atoms with Crippen LogP contribution in [-0.4, -0.2) is 25.5 Å². The molecular formula is C21H26N2O3S. The highest BCUT2D eigenvalue weighted by atomic mass is 32.1. The summed E-state index contributed by atoms with van der Waals surface area (Å²) in [6.45, 7) is 5.91. The zero-order valence-corrected chi connectivity index (χ0v) is 17.1. The van der Waals surface area contributed by atoms with Crippen LogP contribution in [0.4, 0.5) is 5.00 Å². The van der Waals surface area contributed by atoms with Crippen molar-refractivity contribution in [1.82, 2.24) is 5.32 Å². The van der Waals surface area contributed by atoms with Gasteiger partial charge in [-0.05, 0) is 63.1 Å². The molecule has 0 atom stereocenters. The number of carbonyl (C=O) groups is 2. The maximum absolute atomic E-state index is 12.5. The molecule has 0 unspecified atom stereocenters. The Morgan fingerprint density at radius 2 is 1.78 bits per heavy atom. The van der Waals surface area contributed by atoms with Crippen molar-refractivity contribution >= 4 is 28.2 Å². The van der Waals surface area contributed by atoms with Crippen molar-refractivity contribution in [3.63, 3.8) is 0 Å². The lowest BCUT2D eigenvalue weighted by Crippen LogP contribution is -2.24. The van der Waals surface area contributed by atoms with Gasteiger partial charge in [-0.15, -0.1) is 11.3 Å². The van der Waals surface area contributed by atoms with Gasteiger partial charge in [0.15, 0.2) is 6.61 Å². The molecule has 1 aromatic heterocycles. The minimum atomic E-state index is -0.252. The number of aryl methyl sites for hydroxylation is 4. The molecule has 0 fully saturated rings. The summed E-state index contributed by atoms with van der Waals surface area (Å²) in [7, 11) is 1.62. The molecule has 0 saturated carbocycles. The van der Waals surface area contributed by atoms with E-state index < -0.39 is 0 Å². The number of benzene rings is 1. The number of hydrogen-bond donors (Lipinski definition) is 2. The number of thiophene rings is 1. The van der Waals surface area contributed by atoms with Crippen molar-refractivity contribution in [2.75, 3.05) is 19.0 Å². The fourth-order valence-electron chi connectivity index (χ4n) is 3.71. The van der Waals surface area contributed by atoms with Crippen molar-refractivity contribution in [2.45, 2.75) is 46.5 Å². The van der Waals surface area contributed by atoms with Crippen molar-refractivity contribution in [1.29, 1.82) is 0 Å². The van der Waals surface area contributed by atoms with Crippen LogP contribution in [0.25, 0.3) is 0 Å². The first-order valence-corrected chi connectivity index (χ1v) is 10.1. The minimum absolute atomic E-state index is 0.0828. The lowest BCUT2D eigenvalue weighted by Gasteiger charge is -2.13. The van der Waals surface area contributed by atoms with Crippen molar-refractivity contribution in [3.8, 4) is 5.75 Å². The van der Waals surface area contributed by atoms with E-state index in [4.69, 9.17) is 4.74 Å². The van der Waals surface area contributed by atoms with Gasteiger partial charge in [0, 0.05) is 11.9 Å². The maximum Gasteiger partial charge on any atom is 0.262 e. The van der Waals surface area contributed by atoms with Gasteiger partial charge >= 0.3 is 0 Å². The average molecular weight is 387 g/mol. The van der Waals surface area contributed by atoms with E-state index >= 15 is 0 Å². The Morgan fingerprint density at radius 1 is 1.11 bits per heavy atom. The first-order valence-electron chi connectivity index (χ1n) is 9.27. The molecule has 0 radical (unpaired) electrons. The highest BCUT2D eigenvalue weighted by molar-refractivity contribution is 7.17. The fourth-order valence-corrected chi connectivity index (χ4v) is 5.02. The molecule has 5 nitrogen and oxygen atoms in total. The van der Waals surface area contributed by atoms with E-state index in [9.17, 15) is 9.59 Å². The summed E-state index contributed by atoms with van der Waals surface area (Å²) in [5, 5.41) is 6.22. The van der Waals surface area contributed by atoms with Crippen LogP contribution in [-0.2, 0) is 17.6 Å². The summed E-state index contributed by atoms with van der Waals surface area (Å²) in [4.78, 5) is 26.1. The molecule has 144 valence electrons. The summed E-state index contributed by atoms with van der Waals surface area (Å²) in [6.07, 6.45) is 4.07. The van der Waals surface area contributed by atoms with E-state index in [-0.39, 0.29) is 18.4 Å². The number of amides is 2. The monoisotopic (exact) mass is 386 g/mol. The van der Waals surface area contributed by atoms with Crippen LogP contribution in [0.2, 0.25) is 0 Å². The van der Waals surface area contributed by atoms with Gasteiger partial charge in [0.1, 0.15) is 10.8 Å². The van der Waals surface area contributed by atoms with E-state index in [0.29, 0.717) is 10.6 Å². The summed E-state index contributed by atoms with van der Waals surface area (Å²) >= 11 is 1.52. The van der Waals surface area contributed by atoms with Gasteiger partial charge in [0.25, 0.3) is 11.8 Å². The highest BCUT2D eigenvalue weighted by Gasteiger charge is 2.25. The zero-order chi connectivity index (χ0) is 19.6. The molecule has 2 amide bonds. The first-order chi connectivity index (χ1) is 12.9. The lowest BCUT2D eigenvalue weighted by molar-refractivity contribution is -0.118. The molecule has 0 bridgehead atoms. The minimum Gasteiger partial charge on any atom is -0.483 e. The topological polar surface area (TPSA) is 67.4 Å². The van der Waals surface area contributed by atoms with Crippen LogP contribution in [0.5, 0.6) is 5.75 Å². The maximum atomic E-state index is 12.5. The van der Waals surface area contributed by atoms with Crippen LogP contribution in [0.15, 0.2) is 12.1 Å². The van der Waals surface area contributed by atoms with Gasteiger partial charge in [0.2, 0.25) is 0 Å². The Bertz CT molecular complexity index is 863. The molecule has 2 N–H and O–H groups in total. The second-order valence-electron chi connectivity index (χ2n) is 7.06. The molecule has 1 heterocycles. The third-order valence-corrected chi connectivity index (χ3v) is 6.04. The number of fused-ring (bicyclic) bond motifs is 1. The van der Waals surface area contributed by atoms with Gasteiger partial charge < -0.3 is 15.4 Å². The Kier molecular flexibility index (Phi) is 5.85. The van der Waals surface area contributed by atoms with Gasteiger partial charge in [-0.25, -0.2) is 0 Å². The molecule has 0 saturated heterocycles. The Morgan fingerprint density at radius 3 is 2.44 bits per heavy atom. The van der Waals surface area contributed by atoms with Crippen LogP contribution < -0.4 is 15.4 Å². The summed E-state index contributed by atoms with van der Waals surface area (Å²) in [6, 6.07) is 4.08. The average Bonchev–Trinajstić information content (AvgIpc) is 2.97. The van der Waals surface area contributed by atoms with Crippen molar-refractivity contribution in [2.24, 2.45) is 0 Å². The third-order valence-electron chi connectivity index (χ3n) is 4.83. The van der Waals surface area contributed by atoms with Crippen molar-refractivity contribution < 1.29 is 14.3 Å². The van der Waals surface area contributed by atoms with Gasteiger partial charge in [-0.2, -0.15) is 0 Å². The van der Waals surface area contributed by atoms with Crippen LogP contribution >= 0.6 is 11.3 Å². The van der Waals surface area contributed by atoms with E-state index in [0.717, 1.165) is 48.1 Å². The second-order valence-corrected chi connectivity index (χ2v) is 8.16. The molecule has 2 aromatic rings. The number of hydrogen-bond acceptors (Lipinski definition) is 4. The molecule has 1 aromatic carbocycles. The van der Waals surface area contributed by atoms with E-state index in [1.165, 1.54) is 21.8 Å². The molecule has 1 aliphatic carbocycles. The van der Waals surface area contributed by atoms with Crippen LogP contribution in [0, 0.1) is 20.8 Å². The molecule has 0 spiro atoms. The second kappa shape index (κ2) is 8.13. The van der Waals surface area contributed by atoms with E-state index in [1.807, 2.05) is 32.9 Å². The molecular weight excluding hydrogens is 360 g/mol. The number of ether oxygens (including phenoxy) is 1. The smallest absolute Gasteiger partial charge is 0.262 e. The normalized spacial score (nSPS) is 13.0. The molecule has 6 heteroatoms. The van der Waals surface area contributed by atoms with Gasteiger partial charge in [-0.1, -0.05) is 17.7 Å². The van der Waals surface area contributed by atoms with Gasteiger partial charge in [-0.3, -0.25) is 9.59 Å². The quantitative estimate of drug-likeness (QED) is 0.818. The number of carbonyl (C=O) groups excluding carboxylic acids is 2. The highest BCUT2D eigenvalue weighted by Crippen LogP contribution is 2.38. The van der Waals surface area contributed by atoms with Crippen LogP contribution in [0.3, 0.4) is 0 Å². The SMILES string of the molecule is CNC(=O)c1c(NC(=O)COc2c(C)cc(C)cc2C)sc2c1CCCC2. The number of rotatable bonds is 5. The lowest BCUT2D eigenvalue weighted by atomic mass is 9.95. The number of nitrogens with one attached hydrogen (secondary N) is 2. The molecule has 3 rings (SSSR count). The zero-order valence-electron chi connectivity index (χ0n) is 16.3. The first kappa shape index (κ1) is 19.4. The Labute approximate surface area is 164 Å². The summed E-state index contributed by atoms with van der Waals surface area (Å²) in [5.41, 5.74) is 4.90. The predicted octanol–water partition coefficient (Wildman–Crippen LogP) is 3.93. The third kappa shape index (κ3) is 4.16.